The van der Waals surface area contributed by atoms with Crippen LogP contribution in [-0.2, 0) is 14.1 Å². The van der Waals surface area contributed by atoms with Crippen LogP contribution in [0.15, 0.2) is 231 Å². The first-order valence-electron chi connectivity index (χ1n) is 22.0. The van der Waals surface area contributed by atoms with Crippen molar-refractivity contribution in [1.29, 1.82) is 0 Å². The minimum absolute atomic E-state index is 1.11. The Kier molecular flexibility index (Phi) is 8.91. The second-order valence-electron chi connectivity index (χ2n) is 16.7. The van der Waals surface area contributed by atoms with Crippen LogP contribution in [0.25, 0.3) is 76.6 Å². The highest BCUT2D eigenvalue weighted by molar-refractivity contribution is 6.29. The van der Waals surface area contributed by atoms with Crippen molar-refractivity contribution in [1.82, 2.24) is 9.13 Å². The van der Waals surface area contributed by atoms with Gasteiger partial charge in [0.05, 0.1) is 11.0 Å². The number of nitrogens with zero attached hydrogens (tertiary/aromatic N) is 4. The Bertz CT molecular complexity index is 3400. The predicted molar refractivity (Wildman–Crippen MR) is 272 cm³/mol. The second-order valence-corrected chi connectivity index (χ2v) is 16.7. The van der Waals surface area contributed by atoms with E-state index in [9.17, 15) is 0 Å². The fraction of sp³-hybridized carbons (Fsp3) is 0.0333. The summed E-state index contributed by atoms with van der Waals surface area (Å²) in [5.41, 5.74) is 16.4. The van der Waals surface area contributed by atoms with E-state index < -0.39 is 0 Å². The van der Waals surface area contributed by atoms with Crippen molar-refractivity contribution in [2.45, 2.75) is 0 Å². The molecule has 4 nitrogen and oxygen atoms in total. The maximum atomic E-state index is 2.36. The maximum Gasteiger partial charge on any atom is 0.0509 e. The van der Waals surface area contributed by atoms with Gasteiger partial charge in [-0.1, -0.05) is 146 Å². The summed E-state index contributed by atoms with van der Waals surface area (Å²) < 4.78 is 4.72. The molecule has 0 bridgehead atoms. The number of rotatable bonds is 8. The molecule has 0 saturated heterocycles. The lowest BCUT2D eigenvalue weighted by Crippen LogP contribution is -2.09. The van der Waals surface area contributed by atoms with Crippen molar-refractivity contribution >= 4 is 88.5 Å². The molecule has 0 atom stereocenters. The summed E-state index contributed by atoms with van der Waals surface area (Å²) >= 11 is 0. The van der Waals surface area contributed by atoms with E-state index in [1.165, 1.54) is 76.6 Å². The Labute approximate surface area is 372 Å². The lowest BCUT2D eigenvalue weighted by atomic mass is 9.99. The van der Waals surface area contributed by atoms with Gasteiger partial charge in [-0.3, -0.25) is 0 Å². The van der Waals surface area contributed by atoms with E-state index in [1.807, 2.05) is 0 Å². The van der Waals surface area contributed by atoms with Gasteiger partial charge in [0.25, 0.3) is 0 Å². The summed E-state index contributed by atoms with van der Waals surface area (Å²) in [6.45, 7) is 0. The first kappa shape index (κ1) is 37.4. The van der Waals surface area contributed by atoms with Crippen LogP contribution in [0.1, 0.15) is 0 Å². The zero-order chi connectivity index (χ0) is 42.7. The Morgan fingerprint density at radius 1 is 0.250 bits per heavy atom. The predicted octanol–water partition coefficient (Wildman–Crippen LogP) is 16.4. The van der Waals surface area contributed by atoms with Gasteiger partial charge in [0.2, 0.25) is 0 Å². The molecular weight excluding hydrogens is 777 g/mol. The number of para-hydroxylation sites is 2. The third kappa shape index (κ3) is 6.14. The van der Waals surface area contributed by atoms with Gasteiger partial charge in [0.15, 0.2) is 0 Å². The molecule has 2 aromatic heterocycles. The molecule has 4 heteroatoms. The van der Waals surface area contributed by atoms with Crippen molar-refractivity contribution in [3.8, 4) is 22.3 Å². The van der Waals surface area contributed by atoms with Crippen LogP contribution in [0.2, 0.25) is 0 Å². The van der Waals surface area contributed by atoms with Crippen LogP contribution in [0.3, 0.4) is 0 Å². The molecule has 12 aromatic rings. The molecular formula is C60H44N4. The van der Waals surface area contributed by atoms with Gasteiger partial charge < -0.3 is 18.9 Å². The molecule has 0 aliphatic rings. The first-order chi connectivity index (χ1) is 31.6. The molecule has 0 aliphatic heterocycles. The van der Waals surface area contributed by atoms with Crippen molar-refractivity contribution in [3.05, 3.63) is 231 Å². The van der Waals surface area contributed by atoms with Crippen LogP contribution in [-0.4, -0.2) is 9.13 Å². The fourth-order valence-corrected chi connectivity index (χ4v) is 9.98. The molecule has 0 aliphatic carbocycles. The number of benzene rings is 10. The number of hydrogen-bond acceptors (Lipinski definition) is 2. The molecule has 12 rings (SSSR count). The fourth-order valence-electron chi connectivity index (χ4n) is 9.98. The Balaban J connectivity index is 0.974. The van der Waals surface area contributed by atoms with E-state index in [2.05, 4.69) is 264 Å². The monoisotopic (exact) mass is 820 g/mol. The first-order valence-corrected chi connectivity index (χ1v) is 22.0. The summed E-state index contributed by atoms with van der Waals surface area (Å²) in [5.74, 6) is 0. The van der Waals surface area contributed by atoms with E-state index in [0.717, 1.165) is 34.1 Å². The van der Waals surface area contributed by atoms with Crippen LogP contribution in [0.4, 0.5) is 34.1 Å². The third-order valence-corrected chi connectivity index (χ3v) is 13.1. The largest absolute Gasteiger partial charge is 0.344 e. The van der Waals surface area contributed by atoms with E-state index in [0.29, 0.717) is 0 Å². The Morgan fingerprint density at radius 3 is 0.922 bits per heavy atom. The molecule has 0 spiro atoms. The van der Waals surface area contributed by atoms with Gasteiger partial charge >= 0.3 is 0 Å². The van der Waals surface area contributed by atoms with Crippen LogP contribution in [0, 0.1) is 0 Å². The minimum atomic E-state index is 1.11. The zero-order valence-corrected chi connectivity index (χ0v) is 35.7. The van der Waals surface area contributed by atoms with Crippen molar-refractivity contribution in [3.63, 3.8) is 0 Å². The van der Waals surface area contributed by atoms with Crippen molar-refractivity contribution in [2.24, 2.45) is 14.1 Å². The molecule has 64 heavy (non-hydrogen) atoms. The van der Waals surface area contributed by atoms with Crippen molar-refractivity contribution in [2.75, 3.05) is 9.80 Å². The molecule has 0 saturated carbocycles. The average molecular weight is 821 g/mol. The Hall–Kier alpha value is -8.34. The quantitative estimate of drug-likeness (QED) is 0.152. The SMILES string of the molecule is Cn1c2cc(N(c3ccccc3)c3ccc(-c4ccccc4)cc3)ccc2c2c3ccc4c(c3ccc21)c1ccc(N(c2ccccc2)c2ccc(-c3ccccc3)cc2)cc1n4C. The molecule has 0 N–H and O–H groups in total. The second kappa shape index (κ2) is 15.2. The summed E-state index contributed by atoms with van der Waals surface area (Å²) in [7, 11) is 4.40. The van der Waals surface area contributed by atoms with E-state index >= 15 is 0 Å². The van der Waals surface area contributed by atoms with Gasteiger partial charge in [-0.2, -0.15) is 0 Å². The molecule has 304 valence electrons. The number of fused-ring (bicyclic) bond motifs is 9. The van der Waals surface area contributed by atoms with Crippen LogP contribution < -0.4 is 9.80 Å². The zero-order valence-electron chi connectivity index (χ0n) is 35.7. The smallest absolute Gasteiger partial charge is 0.0509 e. The van der Waals surface area contributed by atoms with Crippen molar-refractivity contribution < 1.29 is 0 Å². The number of aryl methyl sites for hydroxylation is 2. The summed E-state index contributed by atoms with van der Waals surface area (Å²) in [5, 5.41) is 7.59. The van der Waals surface area contributed by atoms with Crippen LogP contribution in [0.5, 0.6) is 0 Å². The Morgan fingerprint density at radius 2 is 0.547 bits per heavy atom. The summed E-state index contributed by atoms with van der Waals surface area (Å²) in [4.78, 5) is 4.72. The van der Waals surface area contributed by atoms with Gasteiger partial charge in [0, 0.05) is 80.8 Å². The normalized spacial score (nSPS) is 11.6. The van der Waals surface area contributed by atoms with E-state index in [1.54, 1.807) is 0 Å². The number of hydrogen-bond donors (Lipinski definition) is 0. The van der Waals surface area contributed by atoms with E-state index in [4.69, 9.17) is 0 Å². The van der Waals surface area contributed by atoms with Gasteiger partial charge in [-0.25, -0.2) is 0 Å². The molecule has 0 fully saturated rings. The summed E-state index contributed by atoms with van der Waals surface area (Å²) in [6.07, 6.45) is 0. The van der Waals surface area contributed by atoms with Gasteiger partial charge in [-0.05, 0) is 118 Å². The molecule has 2 heterocycles. The maximum absolute atomic E-state index is 2.36. The highest BCUT2D eigenvalue weighted by Crippen LogP contribution is 2.44. The highest BCUT2D eigenvalue weighted by Gasteiger charge is 2.21. The standard InChI is InChI=1S/C60H44N4/c1-61-55-37-35-52-51(59(55)53-33-31-49(39-57(53)61)63(45-19-11-5-12-20-45)47-27-23-43(24-28-47)41-15-7-3-8-16-41)36-38-56-60(52)54-34-32-50(40-58(54)62(56)2)64(46-21-13-6-14-22-46)48-29-25-44(26-30-48)42-17-9-4-10-18-42/h3-40H,1-2H3. The topological polar surface area (TPSA) is 16.3 Å². The van der Waals surface area contributed by atoms with Crippen LogP contribution >= 0.6 is 0 Å². The third-order valence-electron chi connectivity index (χ3n) is 13.1. The molecule has 0 unspecified atom stereocenters. The van der Waals surface area contributed by atoms with E-state index in [-0.39, 0.29) is 0 Å². The van der Waals surface area contributed by atoms with Gasteiger partial charge in [0.1, 0.15) is 0 Å². The molecule has 0 radical (unpaired) electrons. The molecule has 10 aromatic carbocycles. The number of anilines is 6. The lowest BCUT2D eigenvalue weighted by molar-refractivity contribution is 1.01. The lowest BCUT2D eigenvalue weighted by Gasteiger charge is -2.26. The average Bonchev–Trinajstić information content (AvgIpc) is 3.82. The van der Waals surface area contributed by atoms with Gasteiger partial charge in [-0.15, -0.1) is 0 Å². The minimum Gasteiger partial charge on any atom is -0.344 e. The highest BCUT2D eigenvalue weighted by atomic mass is 15.1. The molecule has 0 amide bonds. The summed E-state index contributed by atoms with van der Waals surface area (Å²) in [6, 6.07) is 83.5. The number of aromatic nitrogens is 2.